The zero-order valence-electron chi connectivity index (χ0n) is 12.6. The van der Waals surface area contributed by atoms with Gasteiger partial charge in [-0.05, 0) is 18.9 Å². The van der Waals surface area contributed by atoms with E-state index in [4.69, 9.17) is 4.74 Å². The van der Waals surface area contributed by atoms with E-state index in [0.29, 0.717) is 29.9 Å². The van der Waals surface area contributed by atoms with Gasteiger partial charge >= 0.3 is 0 Å². The number of likely N-dealkylation sites (tertiary alicyclic amines) is 1. The van der Waals surface area contributed by atoms with Gasteiger partial charge in [-0.3, -0.25) is 9.59 Å². The number of methoxy groups -OCH3 is 1. The molecule has 2 aromatic rings. The first-order chi connectivity index (χ1) is 10.6. The summed E-state index contributed by atoms with van der Waals surface area (Å²) in [6, 6.07) is 1.79. The topological polar surface area (TPSA) is 88.2 Å². The number of hydrogen-bond donors (Lipinski definition) is 1. The summed E-state index contributed by atoms with van der Waals surface area (Å²) >= 11 is 0. The van der Waals surface area contributed by atoms with Crippen LogP contribution in [0.25, 0.3) is 10.9 Å². The molecular weight excluding hydrogens is 284 g/mol. The summed E-state index contributed by atoms with van der Waals surface area (Å²) in [5.74, 6) is 0.684. The zero-order valence-corrected chi connectivity index (χ0v) is 12.6. The minimum atomic E-state index is -0.201. The van der Waals surface area contributed by atoms with Gasteiger partial charge in [-0.1, -0.05) is 0 Å². The Bertz CT molecular complexity index is 763. The van der Waals surface area contributed by atoms with Crippen molar-refractivity contribution in [2.45, 2.75) is 25.7 Å². The highest BCUT2D eigenvalue weighted by atomic mass is 16.5. The fourth-order valence-corrected chi connectivity index (χ4v) is 2.91. The van der Waals surface area contributed by atoms with Crippen LogP contribution < -0.4 is 10.3 Å². The molecule has 3 heterocycles. The first-order valence-corrected chi connectivity index (χ1v) is 7.28. The smallest absolute Gasteiger partial charge is 0.258 e. The quantitative estimate of drug-likeness (QED) is 0.896. The van der Waals surface area contributed by atoms with Gasteiger partial charge in [0.2, 0.25) is 11.8 Å². The number of fused-ring (bicyclic) bond motifs is 1. The number of piperidine rings is 1. The van der Waals surface area contributed by atoms with Crippen LogP contribution in [0.15, 0.2) is 17.2 Å². The molecule has 7 nitrogen and oxygen atoms in total. The Labute approximate surface area is 127 Å². The Morgan fingerprint density at radius 1 is 1.41 bits per heavy atom. The summed E-state index contributed by atoms with van der Waals surface area (Å²) in [6.45, 7) is 3.01. The fraction of sp³-hybridized carbons (Fsp3) is 0.467. The summed E-state index contributed by atoms with van der Waals surface area (Å²) in [5, 5.41) is 0.485. The van der Waals surface area contributed by atoms with Gasteiger partial charge in [-0.25, -0.2) is 9.97 Å². The summed E-state index contributed by atoms with van der Waals surface area (Å²) in [7, 11) is 1.52. The van der Waals surface area contributed by atoms with Crippen LogP contribution in [0.1, 0.15) is 31.4 Å². The first-order valence-electron chi connectivity index (χ1n) is 7.28. The lowest BCUT2D eigenvalue weighted by Gasteiger charge is -2.31. The van der Waals surface area contributed by atoms with Crippen LogP contribution >= 0.6 is 0 Å². The molecule has 0 unspecified atom stereocenters. The van der Waals surface area contributed by atoms with Crippen molar-refractivity contribution in [3.63, 3.8) is 0 Å². The molecule has 0 bridgehead atoms. The third-order valence-electron chi connectivity index (χ3n) is 4.17. The molecule has 0 atom stereocenters. The number of aromatic amines is 1. The van der Waals surface area contributed by atoms with Crippen LogP contribution in [0, 0.1) is 0 Å². The van der Waals surface area contributed by atoms with Gasteiger partial charge in [0, 0.05) is 31.6 Å². The van der Waals surface area contributed by atoms with Gasteiger partial charge in [-0.2, -0.15) is 0 Å². The maximum Gasteiger partial charge on any atom is 0.258 e. The molecule has 1 amide bonds. The molecular formula is C15H18N4O3. The van der Waals surface area contributed by atoms with Crippen LogP contribution in [0.3, 0.4) is 0 Å². The second kappa shape index (κ2) is 5.75. The van der Waals surface area contributed by atoms with E-state index in [9.17, 15) is 9.59 Å². The monoisotopic (exact) mass is 302 g/mol. The highest BCUT2D eigenvalue weighted by Gasteiger charge is 2.24. The van der Waals surface area contributed by atoms with Gasteiger partial charge < -0.3 is 14.6 Å². The number of rotatable bonds is 2. The maximum absolute atomic E-state index is 12.0. The molecule has 22 heavy (non-hydrogen) atoms. The normalized spacial score (nSPS) is 16.0. The predicted molar refractivity (Wildman–Crippen MR) is 80.9 cm³/mol. The average molecular weight is 302 g/mol. The van der Waals surface area contributed by atoms with E-state index in [0.717, 1.165) is 18.5 Å². The van der Waals surface area contributed by atoms with Crippen LogP contribution in [0.5, 0.6) is 5.88 Å². The fourth-order valence-electron chi connectivity index (χ4n) is 2.91. The van der Waals surface area contributed by atoms with Crippen LogP contribution in [-0.4, -0.2) is 46.0 Å². The van der Waals surface area contributed by atoms with Gasteiger partial charge in [0.25, 0.3) is 5.56 Å². The van der Waals surface area contributed by atoms with E-state index in [1.165, 1.54) is 13.4 Å². The number of H-pyrrole nitrogens is 1. The lowest BCUT2D eigenvalue weighted by atomic mass is 9.92. The van der Waals surface area contributed by atoms with Gasteiger partial charge in [0.1, 0.15) is 5.52 Å². The minimum absolute atomic E-state index is 0.100. The summed E-state index contributed by atoms with van der Waals surface area (Å²) in [5.41, 5.74) is 1.09. The molecule has 1 aliphatic heterocycles. The Morgan fingerprint density at radius 3 is 2.77 bits per heavy atom. The molecule has 0 aliphatic carbocycles. The molecule has 1 fully saturated rings. The van der Waals surface area contributed by atoms with E-state index in [1.54, 1.807) is 13.0 Å². The molecule has 0 radical (unpaired) electrons. The van der Waals surface area contributed by atoms with E-state index < -0.39 is 0 Å². The highest BCUT2D eigenvalue weighted by Crippen LogP contribution is 2.30. The number of nitrogens with zero attached hydrogens (tertiary/aromatic N) is 3. The van der Waals surface area contributed by atoms with E-state index >= 15 is 0 Å². The average Bonchev–Trinajstić information content (AvgIpc) is 2.54. The number of ether oxygens (including phenoxy) is 1. The zero-order chi connectivity index (χ0) is 15.7. The van der Waals surface area contributed by atoms with Crippen molar-refractivity contribution in [1.29, 1.82) is 0 Å². The van der Waals surface area contributed by atoms with Crippen molar-refractivity contribution in [3.8, 4) is 5.88 Å². The molecule has 1 saturated heterocycles. The largest absolute Gasteiger partial charge is 0.479 e. The number of carbonyl (C=O) groups excluding carboxylic acids is 1. The molecule has 3 rings (SSSR count). The summed E-state index contributed by atoms with van der Waals surface area (Å²) < 4.78 is 5.28. The van der Waals surface area contributed by atoms with Gasteiger partial charge in [0.15, 0.2) is 0 Å². The minimum Gasteiger partial charge on any atom is -0.479 e. The van der Waals surface area contributed by atoms with Crippen molar-refractivity contribution >= 4 is 16.8 Å². The number of hydrogen-bond acceptors (Lipinski definition) is 5. The molecule has 1 N–H and O–H groups in total. The van der Waals surface area contributed by atoms with Crippen molar-refractivity contribution in [2.24, 2.45) is 0 Å². The molecule has 0 aromatic carbocycles. The van der Waals surface area contributed by atoms with Crippen molar-refractivity contribution < 1.29 is 9.53 Å². The first kappa shape index (κ1) is 14.5. The Morgan fingerprint density at radius 2 is 2.14 bits per heavy atom. The lowest BCUT2D eigenvalue weighted by molar-refractivity contribution is -0.129. The van der Waals surface area contributed by atoms with Crippen LogP contribution in [0.2, 0.25) is 0 Å². The van der Waals surface area contributed by atoms with E-state index in [1.807, 2.05) is 4.90 Å². The van der Waals surface area contributed by atoms with E-state index in [2.05, 4.69) is 15.0 Å². The Hall–Kier alpha value is -2.44. The third-order valence-corrected chi connectivity index (χ3v) is 4.17. The molecule has 7 heteroatoms. The van der Waals surface area contributed by atoms with E-state index in [-0.39, 0.29) is 17.4 Å². The van der Waals surface area contributed by atoms with Gasteiger partial charge in [-0.15, -0.1) is 0 Å². The summed E-state index contributed by atoms with van der Waals surface area (Å²) in [6.07, 6.45) is 3.01. The number of nitrogens with one attached hydrogen (secondary N) is 1. The third kappa shape index (κ3) is 2.54. The van der Waals surface area contributed by atoms with Gasteiger partial charge in [0.05, 0.1) is 18.8 Å². The molecule has 116 valence electrons. The van der Waals surface area contributed by atoms with Crippen LogP contribution in [-0.2, 0) is 4.79 Å². The molecule has 0 saturated carbocycles. The number of aromatic nitrogens is 3. The molecule has 2 aromatic heterocycles. The maximum atomic E-state index is 12.0. The number of carbonyl (C=O) groups is 1. The SMILES string of the molecule is COc1nc(C2CCN(C(C)=O)CC2)cc2c(=O)[nH]cnc12. The molecule has 1 aliphatic rings. The number of pyridine rings is 1. The second-order valence-corrected chi connectivity index (χ2v) is 5.46. The standard InChI is InChI=1S/C15H18N4O3/c1-9(20)19-5-3-10(4-6-19)12-7-11-13(15(18-12)22-2)16-8-17-14(11)21/h7-8,10H,3-6H2,1-2H3,(H,16,17,21). The Balaban J connectivity index is 1.97. The van der Waals surface area contributed by atoms with Crippen molar-refractivity contribution in [1.82, 2.24) is 19.9 Å². The van der Waals surface area contributed by atoms with Crippen molar-refractivity contribution in [2.75, 3.05) is 20.2 Å². The summed E-state index contributed by atoms with van der Waals surface area (Å²) in [4.78, 5) is 36.5. The highest BCUT2D eigenvalue weighted by molar-refractivity contribution is 5.82. The Kier molecular flexibility index (Phi) is 3.79. The second-order valence-electron chi connectivity index (χ2n) is 5.46. The van der Waals surface area contributed by atoms with Crippen LogP contribution in [0.4, 0.5) is 0 Å². The predicted octanol–water partition coefficient (Wildman–Crippen LogP) is 1.05. The lowest BCUT2D eigenvalue weighted by Crippen LogP contribution is -2.36. The van der Waals surface area contributed by atoms with Crippen molar-refractivity contribution in [3.05, 3.63) is 28.4 Å². The molecule has 0 spiro atoms. The number of amides is 1.